The van der Waals surface area contributed by atoms with Crippen molar-refractivity contribution in [3.05, 3.63) is 47.2 Å². The summed E-state index contributed by atoms with van der Waals surface area (Å²) in [6.07, 6.45) is -6.20. The van der Waals surface area contributed by atoms with Crippen LogP contribution in [0.5, 0.6) is 11.5 Å². The summed E-state index contributed by atoms with van der Waals surface area (Å²) in [6.45, 7) is 0.993. The maximum absolute atomic E-state index is 12.8. The second-order valence-electron chi connectivity index (χ2n) is 8.89. The summed E-state index contributed by atoms with van der Waals surface area (Å²) in [6, 6.07) is 4.76. The Hall–Kier alpha value is -3.20. The molecule has 3 rings (SSSR count). The van der Waals surface area contributed by atoms with Gasteiger partial charge < -0.3 is 54.0 Å². The van der Waals surface area contributed by atoms with Gasteiger partial charge in [0, 0.05) is 17.9 Å². The van der Waals surface area contributed by atoms with E-state index in [9.17, 15) is 35.1 Å². The average molecular weight is 555 g/mol. The lowest BCUT2D eigenvalue weighted by atomic mass is 9.86. The number of ether oxygens (including phenoxy) is 6. The zero-order valence-corrected chi connectivity index (χ0v) is 21.8. The molecule has 7 atom stereocenters. The Morgan fingerprint density at radius 3 is 2.49 bits per heavy atom. The Bertz CT molecular complexity index is 1070. The van der Waals surface area contributed by atoms with Crippen LogP contribution < -0.4 is 4.74 Å². The van der Waals surface area contributed by atoms with E-state index < -0.39 is 61.5 Å². The third kappa shape index (κ3) is 7.06. The van der Waals surface area contributed by atoms with Crippen LogP contribution in [0.3, 0.4) is 0 Å². The predicted octanol–water partition coefficient (Wildman–Crippen LogP) is -0.331. The molecule has 2 heterocycles. The van der Waals surface area contributed by atoms with Crippen molar-refractivity contribution in [3.8, 4) is 11.5 Å². The van der Waals surface area contributed by atoms with Gasteiger partial charge in [0.05, 0.1) is 45.7 Å². The second kappa shape index (κ2) is 13.7. The van der Waals surface area contributed by atoms with E-state index in [4.69, 9.17) is 28.4 Å². The molecule has 216 valence electrons. The molecule has 0 saturated carbocycles. The van der Waals surface area contributed by atoms with Gasteiger partial charge in [0.15, 0.2) is 17.8 Å². The van der Waals surface area contributed by atoms with E-state index in [1.165, 1.54) is 20.3 Å². The summed E-state index contributed by atoms with van der Waals surface area (Å²) in [5, 5.41) is 49.6. The van der Waals surface area contributed by atoms with Gasteiger partial charge in [0.2, 0.25) is 6.29 Å². The zero-order valence-electron chi connectivity index (χ0n) is 21.8. The van der Waals surface area contributed by atoms with Crippen molar-refractivity contribution >= 4 is 11.9 Å². The molecule has 13 nitrogen and oxygen atoms in total. The number of hydrogen-bond donors (Lipinski definition) is 5. The molecule has 0 unspecified atom stereocenters. The van der Waals surface area contributed by atoms with E-state index in [1.54, 1.807) is 25.1 Å². The number of rotatable bonds is 10. The maximum atomic E-state index is 12.8. The van der Waals surface area contributed by atoms with Crippen LogP contribution in [-0.4, -0.2) is 102 Å². The first-order chi connectivity index (χ1) is 18.6. The molecule has 0 aromatic heterocycles. The van der Waals surface area contributed by atoms with Crippen LogP contribution in [0.15, 0.2) is 41.7 Å². The number of phenols is 1. The van der Waals surface area contributed by atoms with Crippen LogP contribution >= 0.6 is 0 Å². The predicted molar refractivity (Wildman–Crippen MR) is 131 cm³/mol. The van der Waals surface area contributed by atoms with E-state index in [0.29, 0.717) is 12.0 Å². The number of aromatic hydroxyl groups is 1. The van der Waals surface area contributed by atoms with Gasteiger partial charge in [-0.25, -0.2) is 4.79 Å². The molecule has 0 bridgehead atoms. The minimum Gasteiger partial charge on any atom is -0.504 e. The van der Waals surface area contributed by atoms with Gasteiger partial charge >= 0.3 is 11.9 Å². The molecule has 1 aromatic carbocycles. The number of carbonyl (C=O) groups excluding carboxylic acids is 2. The quantitative estimate of drug-likeness (QED) is 0.187. The molecule has 1 fully saturated rings. The van der Waals surface area contributed by atoms with E-state index in [-0.39, 0.29) is 30.1 Å². The van der Waals surface area contributed by atoms with Gasteiger partial charge in [-0.15, -0.1) is 0 Å². The van der Waals surface area contributed by atoms with E-state index in [1.807, 2.05) is 0 Å². The van der Waals surface area contributed by atoms with Crippen LogP contribution in [0.1, 0.15) is 18.9 Å². The molecule has 0 aliphatic carbocycles. The maximum Gasteiger partial charge on any atom is 0.337 e. The topological polar surface area (TPSA) is 191 Å². The van der Waals surface area contributed by atoms with Gasteiger partial charge in [0.25, 0.3) is 0 Å². The number of carbonyl (C=O) groups is 2. The summed E-state index contributed by atoms with van der Waals surface area (Å²) < 4.78 is 31.9. The highest BCUT2D eigenvalue weighted by molar-refractivity contribution is 5.90. The number of aliphatic hydroxyl groups excluding tert-OH is 4. The SMILES string of the molecule is C/C=C1/[C@H](O[C@@H]2O[C@H](CO)[C@@H](O)[C@H](O)[C@H]2O)OC=C(C(=O)OC)[C@H]1CC(=O)OCCc1ccc(O)c(OC)c1. The fraction of sp³-hybridized carbons (Fsp3) is 0.538. The zero-order chi connectivity index (χ0) is 28.7. The highest BCUT2D eigenvalue weighted by Gasteiger charge is 2.46. The average Bonchev–Trinajstić information content (AvgIpc) is 2.93. The molecule has 0 amide bonds. The lowest BCUT2D eigenvalue weighted by Gasteiger charge is -2.41. The smallest absolute Gasteiger partial charge is 0.337 e. The Balaban J connectivity index is 1.71. The Labute approximate surface area is 224 Å². The summed E-state index contributed by atoms with van der Waals surface area (Å²) >= 11 is 0. The van der Waals surface area contributed by atoms with Crippen LogP contribution in [0.4, 0.5) is 0 Å². The summed E-state index contributed by atoms with van der Waals surface area (Å²) in [5.41, 5.74) is 1.11. The van der Waals surface area contributed by atoms with E-state index in [2.05, 4.69) is 0 Å². The monoisotopic (exact) mass is 554 g/mol. The Morgan fingerprint density at radius 2 is 1.85 bits per heavy atom. The molecule has 2 aliphatic heterocycles. The van der Waals surface area contributed by atoms with Crippen LogP contribution in [0, 0.1) is 5.92 Å². The fourth-order valence-electron chi connectivity index (χ4n) is 4.31. The fourth-order valence-corrected chi connectivity index (χ4v) is 4.31. The molecule has 1 aromatic rings. The minimum atomic E-state index is -1.68. The van der Waals surface area contributed by atoms with Crippen LogP contribution in [0.2, 0.25) is 0 Å². The van der Waals surface area contributed by atoms with Crippen LogP contribution in [-0.2, 0) is 39.7 Å². The number of methoxy groups -OCH3 is 2. The van der Waals surface area contributed by atoms with E-state index in [0.717, 1.165) is 11.8 Å². The first-order valence-electron chi connectivity index (χ1n) is 12.2. The number of allylic oxidation sites excluding steroid dienone is 1. The largest absolute Gasteiger partial charge is 0.504 e. The van der Waals surface area contributed by atoms with Gasteiger partial charge in [0.1, 0.15) is 24.4 Å². The third-order valence-electron chi connectivity index (χ3n) is 6.50. The number of aliphatic hydroxyl groups is 4. The van der Waals surface area contributed by atoms with Gasteiger partial charge in [-0.05, 0) is 24.6 Å². The van der Waals surface area contributed by atoms with Crippen molar-refractivity contribution in [3.63, 3.8) is 0 Å². The van der Waals surface area contributed by atoms with E-state index >= 15 is 0 Å². The molecular formula is C26H34O13. The highest BCUT2D eigenvalue weighted by atomic mass is 16.8. The number of benzene rings is 1. The normalized spacial score (nSPS) is 29.8. The minimum absolute atomic E-state index is 0.0146. The molecule has 2 aliphatic rings. The lowest BCUT2D eigenvalue weighted by molar-refractivity contribution is -0.327. The molecule has 0 spiro atoms. The standard InChI is InChI=1S/C26H34O13/c1-4-14-15(10-20(29)36-8-7-13-5-6-17(28)18(9-13)34-2)16(24(33)35-3)12-37-25(14)39-26-23(32)22(31)21(30)19(11-27)38-26/h4-6,9,12,15,19,21-23,25-28,30-32H,7-8,10-11H2,1-3H3/b14-4+/t15-,19+,21+,22-,23+,25-,26-/m0/s1. The number of phenolic OH excluding ortho intramolecular Hbond substituents is 1. The summed E-state index contributed by atoms with van der Waals surface area (Å²) in [4.78, 5) is 25.2. The van der Waals surface area contributed by atoms with Crippen molar-refractivity contribution in [2.24, 2.45) is 5.92 Å². The second-order valence-corrected chi connectivity index (χ2v) is 8.89. The molecular weight excluding hydrogens is 520 g/mol. The van der Waals surface area contributed by atoms with Crippen molar-refractivity contribution in [1.29, 1.82) is 0 Å². The molecule has 1 saturated heterocycles. The van der Waals surface area contributed by atoms with Crippen molar-refractivity contribution in [1.82, 2.24) is 0 Å². The first-order valence-corrected chi connectivity index (χ1v) is 12.2. The van der Waals surface area contributed by atoms with Crippen molar-refractivity contribution < 1.29 is 63.5 Å². The Kier molecular flexibility index (Phi) is 10.7. The summed E-state index contributed by atoms with van der Waals surface area (Å²) in [5.74, 6) is -1.98. The third-order valence-corrected chi connectivity index (χ3v) is 6.50. The van der Waals surface area contributed by atoms with Gasteiger partial charge in [-0.3, -0.25) is 4.79 Å². The molecule has 13 heteroatoms. The number of hydrogen-bond acceptors (Lipinski definition) is 13. The van der Waals surface area contributed by atoms with Crippen LogP contribution in [0.25, 0.3) is 0 Å². The van der Waals surface area contributed by atoms with Gasteiger partial charge in [-0.1, -0.05) is 12.1 Å². The lowest BCUT2D eigenvalue weighted by Crippen LogP contribution is -2.60. The molecule has 0 radical (unpaired) electrons. The summed E-state index contributed by atoms with van der Waals surface area (Å²) in [7, 11) is 2.60. The van der Waals surface area contributed by atoms with Crippen molar-refractivity contribution in [2.75, 3.05) is 27.4 Å². The van der Waals surface area contributed by atoms with Crippen molar-refractivity contribution in [2.45, 2.75) is 56.8 Å². The van der Waals surface area contributed by atoms with Gasteiger partial charge in [-0.2, -0.15) is 0 Å². The number of esters is 2. The highest BCUT2D eigenvalue weighted by Crippen LogP contribution is 2.36. The molecule has 39 heavy (non-hydrogen) atoms. The first kappa shape index (κ1) is 30.3. The molecule has 5 N–H and O–H groups in total. The Morgan fingerprint density at radius 1 is 1.10 bits per heavy atom.